The largest absolute Gasteiger partial charge is 0.425 e. The Hall–Kier alpha value is -0.530. The van der Waals surface area contributed by atoms with Crippen molar-refractivity contribution < 1.29 is 35.5 Å². The molecule has 0 aliphatic carbocycles. The molecular weight excluding hydrogens is 257 g/mol. The van der Waals surface area contributed by atoms with E-state index in [4.69, 9.17) is 0 Å². The molecule has 0 aliphatic heterocycles. The summed E-state index contributed by atoms with van der Waals surface area (Å²) >= 11 is 0. The highest BCUT2D eigenvalue weighted by molar-refractivity contribution is 5.01. The van der Waals surface area contributed by atoms with Crippen molar-refractivity contribution in [2.45, 2.75) is 50.8 Å². The lowest BCUT2D eigenvalue weighted by molar-refractivity contribution is -0.413. The zero-order valence-corrected chi connectivity index (χ0v) is 9.47. The van der Waals surface area contributed by atoms with Crippen LogP contribution in [-0.2, 0) is 4.74 Å². The van der Waals surface area contributed by atoms with Crippen molar-refractivity contribution >= 4 is 0 Å². The molecule has 0 rings (SSSR count). The van der Waals surface area contributed by atoms with Gasteiger partial charge in [0.25, 0.3) is 0 Å². The highest BCUT2D eigenvalue weighted by Crippen LogP contribution is 2.52. The summed E-state index contributed by atoms with van der Waals surface area (Å²) in [5.74, 6) is -11.5. The molecule has 0 radical (unpaired) electrons. The Bertz CT molecular complexity index is 257. The normalized spacial score (nSPS) is 15.2. The molecule has 1 nitrogen and oxygen atoms in total. The van der Waals surface area contributed by atoms with Gasteiger partial charge in [0, 0.05) is 0 Å². The number of hydrogen-bond donors (Lipinski definition) is 0. The number of halogens is 7. The number of ether oxygens (including phenoxy) is 1. The van der Waals surface area contributed by atoms with Crippen LogP contribution in [0.3, 0.4) is 0 Å². The van der Waals surface area contributed by atoms with Crippen LogP contribution in [0.25, 0.3) is 0 Å². The van der Waals surface area contributed by atoms with Gasteiger partial charge in [0.15, 0.2) is 5.67 Å². The molecule has 0 saturated heterocycles. The van der Waals surface area contributed by atoms with E-state index in [1.165, 1.54) is 6.92 Å². The van der Waals surface area contributed by atoms with Crippen LogP contribution in [0.1, 0.15) is 27.2 Å². The molecule has 0 amide bonds. The number of hydrogen-bond acceptors (Lipinski definition) is 1. The maximum Gasteiger partial charge on any atom is 0.425 e. The molecule has 17 heavy (non-hydrogen) atoms. The van der Waals surface area contributed by atoms with Gasteiger partial charge in [-0.3, -0.25) is 0 Å². The molecular formula is C9H13F7O. The van der Waals surface area contributed by atoms with Gasteiger partial charge in [-0.25, -0.2) is 4.39 Å². The van der Waals surface area contributed by atoms with Crippen molar-refractivity contribution in [2.24, 2.45) is 0 Å². The molecule has 0 aromatic heterocycles. The van der Waals surface area contributed by atoms with Crippen LogP contribution < -0.4 is 0 Å². The average Bonchev–Trinajstić information content (AvgIpc) is 2.12. The van der Waals surface area contributed by atoms with E-state index < -0.39 is 30.2 Å². The van der Waals surface area contributed by atoms with Crippen molar-refractivity contribution in [3.8, 4) is 0 Å². The number of alkyl halides is 7. The van der Waals surface area contributed by atoms with Crippen molar-refractivity contribution in [1.82, 2.24) is 0 Å². The maximum atomic E-state index is 12.9. The Morgan fingerprint density at radius 1 is 0.824 bits per heavy atom. The van der Waals surface area contributed by atoms with E-state index in [2.05, 4.69) is 4.74 Å². The Morgan fingerprint density at radius 2 is 1.24 bits per heavy atom. The van der Waals surface area contributed by atoms with Crippen molar-refractivity contribution in [3.63, 3.8) is 0 Å². The number of rotatable bonds is 6. The van der Waals surface area contributed by atoms with E-state index >= 15 is 0 Å². The fourth-order valence-electron chi connectivity index (χ4n) is 0.877. The summed E-state index contributed by atoms with van der Waals surface area (Å²) in [4.78, 5) is 0. The van der Waals surface area contributed by atoms with Crippen molar-refractivity contribution in [2.75, 3.05) is 6.61 Å². The van der Waals surface area contributed by atoms with Gasteiger partial charge >= 0.3 is 18.0 Å². The summed E-state index contributed by atoms with van der Waals surface area (Å²) in [6, 6.07) is 0. The minimum Gasteiger partial charge on any atom is -0.316 e. The van der Waals surface area contributed by atoms with Crippen LogP contribution in [0.5, 0.6) is 0 Å². The molecule has 0 fully saturated rings. The quantitative estimate of drug-likeness (QED) is 0.662. The Labute approximate surface area is 93.9 Å². The third kappa shape index (κ3) is 2.83. The fourth-order valence-corrected chi connectivity index (χ4v) is 0.877. The van der Waals surface area contributed by atoms with E-state index in [1.54, 1.807) is 0 Å². The molecule has 0 saturated carbocycles. The Balaban J connectivity index is 5.24. The molecule has 104 valence electrons. The van der Waals surface area contributed by atoms with Crippen LogP contribution in [0.4, 0.5) is 30.7 Å². The molecule has 0 unspecified atom stereocenters. The summed E-state index contributed by atoms with van der Waals surface area (Å²) in [6.45, 7) is 0.671. The van der Waals surface area contributed by atoms with Crippen LogP contribution in [-0.4, -0.2) is 30.2 Å². The highest BCUT2D eigenvalue weighted by Gasteiger charge is 2.78. The zero-order chi connectivity index (χ0) is 14.1. The molecule has 0 heterocycles. The van der Waals surface area contributed by atoms with E-state index in [0.717, 1.165) is 0 Å². The third-order valence-corrected chi connectivity index (χ3v) is 1.99. The van der Waals surface area contributed by atoms with Gasteiger partial charge in [-0.15, -0.1) is 0 Å². The van der Waals surface area contributed by atoms with Gasteiger partial charge in [-0.1, -0.05) is 6.92 Å². The SMILES string of the molecule is CCCOC(F)(F)C(F)(F)C(F)(F)C(C)(C)F. The fraction of sp³-hybridized carbons (Fsp3) is 1.00. The highest BCUT2D eigenvalue weighted by atomic mass is 19.4. The Kier molecular flexibility index (Phi) is 4.48. The summed E-state index contributed by atoms with van der Waals surface area (Å²) in [5.41, 5.74) is -3.81. The van der Waals surface area contributed by atoms with Gasteiger partial charge in [-0.05, 0) is 20.3 Å². The maximum absolute atomic E-state index is 12.9. The first kappa shape index (κ1) is 16.5. The predicted molar refractivity (Wildman–Crippen MR) is 46.3 cm³/mol. The lowest BCUT2D eigenvalue weighted by atomic mass is 9.95. The summed E-state index contributed by atoms with van der Waals surface area (Å²) in [5, 5.41) is 0. The van der Waals surface area contributed by atoms with Crippen LogP contribution in [0.15, 0.2) is 0 Å². The lowest BCUT2D eigenvalue weighted by Crippen LogP contribution is -2.62. The first-order chi connectivity index (χ1) is 7.31. The minimum absolute atomic E-state index is 0.0732. The monoisotopic (exact) mass is 270 g/mol. The van der Waals surface area contributed by atoms with Gasteiger partial charge in [0.2, 0.25) is 0 Å². The van der Waals surface area contributed by atoms with Gasteiger partial charge in [0.1, 0.15) is 0 Å². The summed E-state index contributed by atoms with van der Waals surface area (Å²) < 4.78 is 93.6. The first-order valence-corrected chi connectivity index (χ1v) is 4.77. The van der Waals surface area contributed by atoms with Crippen LogP contribution in [0, 0.1) is 0 Å². The van der Waals surface area contributed by atoms with E-state index in [0.29, 0.717) is 0 Å². The third-order valence-electron chi connectivity index (χ3n) is 1.99. The van der Waals surface area contributed by atoms with E-state index in [-0.39, 0.29) is 20.3 Å². The van der Waals surface area contributed by atoms with Crippen LogP contribution in [0.2, 0.25) is 0 Å². The van der Waals surface area contributed by atoms with Crippen molar-refractivity contribution in [1.29, 1.82) is 0 Å². The summed E-state index contributed by atoms with van der Waals surface area (Å²) in [6.07, 6.45) is -5.51. The zero-order valence-electron chi connectivity index (χ0n) is 9.47. The molecule has 8 heteroatoms. The first-order valence-electron chi connectivity index (χ1n) is 4.77. The molecule has 0 spiro atoms. The Morgan fingerprint density at radius 3 is 1.53 bits per heavy atom. The minimum atomic E-state index is -5.94. The van der Waals surface area contributed by atoms with E-state index in [9.17, 15) is 30.7 Å². The van der Waals surface area contributed by atoms with Gasteiger partial charge < -0.3 is 4.74 Å². The molecule has 0 N–H and O–H groups in total. The molecule has 0 aromatic carbocycles. The van der Waals surface area contributed by atoms with E-state index in [1.807, 2.05) is 0 Å². The lowest BCUT2D eigenvalue weighted by Gasteiger charge is -2.36. The molecule has 0 aromatic rings. The van der Waals surface area contributed by atoms with Crippen molar-refractivity contribution in [3.05, 3.63) is 0 Å². The summed E-state index contributed by atoms with van der Waals surface area (Å²) in [7, 11) is 0. The van der Waals surface area contributed by atoms with Gasteiger partial charge in [0.05, 0.1) is 6.61 Å². The smallest absolute Gasteiger partial charge is 0.316 e. The molecule has 0 bridgehead atoms. The molecule has 0 atom stereocenters. The second kappa shape index (κ2) is 4.62. The second-order valence-corrected chi connectivity index (χ2v) is 3.99. The van der Waals surface area contributed by atoms with Gasteiger partial charge in [-0.2, -0.15) is 26.3 Å². The van der Waals surface area contributed by atoms with Crippen LogP contribution >= 0.6 is 0 Å². The standard InChI is InChI=1S/C9H13F7O/c1-4-5-17-9(15,16)8(13,14)7(11,12)6(2,3)10/h4-5H2,1-3H3. The molecule has 0 aliphatic rings. The predicted octanol–water partition coefficient (Wildman–Crippen LogP) is 4.02. The average molecular weight is 270 g/mol. The topological polar surface area (TPSA) is 9.23 Å². The second-order valence-electron chi connectivity index (χ2n) is 3.99.